The summed E-state index contributed by atoms with van der Waals surface area (Å²) in [6, 6.07) is 15.7. The molecule has 3 rings (SSSR count). The first kappa shape index (κ1) is 15.3. The Morgan fingerprint density at radius 1 is 1.09 bits per heavy atom. The molecule has 2 aromatic rings. The summed E-state index contributed by atoms with van der Waals surface area (Å²) < 4.78 is 0. The molecule has 1 N–H and O–H groups in total. The van der Waals surface area contributed by atoms with E-state index in [1.807, 2.05) is 55.5 Å². The van der Waals surface area contributed by atoms with Crippen molar-refractivity contribution >= 4 is 17.5 Å². The van der Waals surface area contributed by atoms with E-state index in [1.165, 1.54) is 5.56 Å². The number of carbonyl (C=O) groups is 2. The van der Waals surface area contributed by atoms with Crippen molar-refractivity contribution in [3.8, 4) is 0 Å². The summed E-state index contributed by atoms with van der Waals surface area (Å²) >= 11 is 0. The van der Waals surface area contributed by atoms with E-state index in [2.05, 4.69) is 5.32 Å². The number of carbonyl (C=O) groups excluding carboxylic acids is 2. The summed E-state index contributed by atoms with van der Waals surface area (Å²) in [7, 11) is 0. The van der Waals surface area contributed by atoms with Gasteiger partial charge in [-0.2, -0.15) is 0 Å². The number of aryl methyl sites for hydroxylation is 2. The smallest absolute Gasteiger partial charge is 0.316 e. The van der Waals surface area contributed by atoms with Gasteiger partial charge < -0.3 is 10.2 Å². The van der Waals surface area contributed by atoms with Crippen molar-refractivity contribution in [1.82, 2.24) is 5.32 Å². The Hall–Kier alpha value is -2.62. The third-order valence-electron chi connectivity index (χ3n) is 4.12. The number of benzene rings is 2. The Morgan fingerprint density at radius 3 is 2.61 bits per heavy atom. The van der Waals surface area contributed by atoms with Crippen molar-refractivity contribution in [2.24, 2.45) is 0 Å². The van der Waals surface area contributed by atoms with Gasteiger partial charge in [0.05, 0.1) is 0 Å². The van der Waals surface area contributed by atoms with Crippen LogP contribution in [0.15, 0.2) is 48.5 Å². The molecule has 118 valence electrons. The Labute approximate surface area is 136 Å². The van der Waals surface area contributed by atoms with Crippen LogP contribution in [0.1, 0.15) is 23.1 Å². The molecular formula is C19H20N2O2. The van der Waals surface area contributed by atoms with E-state index in [0.29, 0.717) is 13.1 Å². The van der Waals surface area contributed by atoms with Crippen molar-refractivity contribution in [3.63, 3.8) is 0 Å². The highest BCUT2D eigenvalue weighted by atomic mass is 16.2. The molecule has 1 aliphatic heterocycles. The highest BCUT2D eigenvalue weighted by molar-refractivity contribution is 6.40. The van der Waals surface area contributed by atoms with Crippen LogP contribution in [0.5, 0.6) is 0 Å². The summed E-state index contributed by atoms with van der Waals surface area (Å²) in [5.41, 5.74) is 4.13. The van der Waals surface area contributed by atoms with Crippen LogP contribution in [-0.4, -0.2) is 18.4 Å². The molecule has 2 aromatic carbocycles. The van der Waals surface area contributed by atoms with Crippen molar-refractivity contribution in [3.05, 3.63) is 65.2 Å². The maximum absolute atomic E-state index is 12.5. The minimum Gasteiger partial charge on any atom is -0.344 e. The van der Waals surface area contributed by atoms with Crippen LogP contribution in [-0.2, 0) is 22.6 Å². The normalized spacial score (nSPS) is 13.3. The van der Waals surface area contributed by atoms with Crippen molar-refractivity contribution in [2.45, 2.75) is 26.3 Å². The van der Waals surface area contributed by atoms with Gasteiger partial charge in [0.25, 0.3) is 0 Å². The summed E-state index contributed by atoms with van der Waals surface area (Å²) in [6.07, 6.45) is 1.83. The molecule has 0 fully saturated rings. The Bertz CT molecular complexity index is 722. The lowest BCUT2D eigenvalue weighted by molar-refractivity contribution is -0.137. The van der Waals surface area contributed by atoms with Crippen LogP contribution in [0, 0.1) is 6.92 Å². The summed E-state index contributed by atoms with van der Waals surface area (Å²) in [5, 5.41) is 2.72. The van der Waals surface area contributed by atoms with E-state index >= 15 is 0 Å². The van der Waals surface area contributed by atoms with E-state index in [9.17, 15) is 9.59 Å². The van der Waals surface area contributed by atoms with Gasteiger partial charge in [0.1, 0.15) is 0 Å². The number of hydrogen-bond donors (Lipinski definition) is 1. The van der Waals surface area contributed by atoms with Gasteiger partial charge in [0, 0.05) is 18.8 Å². The number of para-hydroxylation sites is 1. The highest BCUT2D eigenvalue weighted by Crippen LogP contribution is 2.26. The number of hydrogen-bond acceptors (Lipinski definition) is 2. The molecule has 0 aliphatic carbocycles. The number of nitrogens with one attached hydrogen (secondary N) is 1. The monoisotopic (exact) mass is 308 g/mol. The second kappa shape index (κ2) is 6.65. The standard InChI is InChI=1S/C19H20N2O2/c1-14-8-10-15(11-9-14)13-20-18(22)19(23)21-12-4-6-16-5-2-3-7-17(16)21/h2-3,5,7-11H,4,6,12-13H2,1H3,(H,20,22). The molecule has 1 aliphatic rings. The van der Waals surface area contributed by atoms with Crippen LogP contribution >= 0.6 is 0 Å². The highest BCUT2D eigenvalue weighted by Gasteiger charge is 2.26. The fourth-order valence-electron chi connectivity index (χ4n) is 2.83. The number of rotatable bonds is 2. The second-order valence-electron chi connectivity index (χ2n) is 5.86. The van der Waals surface area contributed by atoms with Gasteiger partial charge in [0.2, 0.25) is 0 Å². The van der Waals surface area contributed by atoms with Gasteiger partial charge >= 0.3 is 11.8 Å². The minimum absolute atomic E-state index is 0.361. The average Bonchev–Trinajstić information content (AvgIpc) is 2.60. The molecule has 0 radical (unpaired) electrons. The van der Waals surface area contributed by atoms with Gasteiger partial charge in [-0.05, 0) is 37.0 Å². The molecule has 2 amide bonds. The lowest BCUT2D eigenvalue weighted by Gasteiger charge is -2.28. The fraction of sp³-hybridized carbons (Fsp3) is 0.263. The summed E-state index contributed by atoms with van der Waals surface area (Å²) in [4.78, 5) is 26.2. The van der Waals surface area contributed by atoms with Gasteiger partial charge in [-0.3, -0.25) is 9.59 Å². The van der Waals surface area contributed by atoms with Crippen LogP contribution in [0.2, 0.25) is 0 Å². The maximum atomic E-state index is 12.5. The van der Waals surface area contributed by atoms with Crippen molar-refractivity contribution in [2.75, 3.05) is 11.4 Å². The summed E-state index contributed by atoms with van der Waals surface area (Å²) in [5.74, 6) is -1.04. The first-order valence-corrected chi connectivity index (χ1v) is 7.88. The Kier molecular flexibility index (Phi) is 4.42. The van der Waals surface area contributed by atoms with Crippen molar-refractivity contribution < 1.29 is 9.59 Å². The third kappa shape index (κ3) is 3.42. The van der Waals surface area contributed by atoms with Crippen LogP contribution in [0.25, 0.3) is 0 Å². The lowest BCUT2D eigenvalue weighted by atomic mass is 10.0. The number of anilines is 1. The van der Waals surface area contributed by atoms with E-state index < -0.39 is 11.8 Å². The maximum Gasteiger partial charge on any atom is 0.316 e. The molecule has 1 heterocycles. The molecule has 0 bridgehead atoms. The van der Waals surface area contributed by atoms with Gasteiger partial charge in [-0.1, -0.05) is 48.0 Å². The van der Waals surface area contributed by atoms with E-state index in [0.717, 1.165) is 29.7 Å². The molecule has 0 saturated heterocycles. The van der Waals surface area contributed by atoms with E-state index in [1.54, 1.807) is 4.90 Å². The van der Waals surface area contributed by atoms with Crippen molar-refractivity contribution in [1.29, 1.82) is 0 Å². The zero-order valence-electron chi connectivity index (χ0n) is 13.2. The molecular weight excluding hydrogens is 288 g/mol. The zero-order chi connectivity index (χ0) is 16.2. The SMILES string of the molecule is Cc1ccc(CNC(=O)C(=O)N2CCCc3ccccc32)cc1. The zero-order valence-corrected chi connectivity index (χ0v) is 13.2. The molecule has 0 saturated carbocycles. The molecule has 0 aromatic heterocycles. The van der Waals surface area contributed by atoms with Crippen LogP contribution in [0.4, 0.5) is 5.69 Å². The second-order valence-corrected chi connectivity index (χ2v) is 5.86. The molecule has 0 spiro atoms. The predicted molar refractivity (Wildman–Crippen MR) is 90.1 cm³/mol. The molecule has 4 heteroatoms. The first-order valence-electron chi connectivity index (χ1n) is 7.88. The average molecular weight is 308 g/mol. The lowest BCUT2D eigenvalue weighted by Crippen LogP contribution is -2.45. The largest absolute Gasteiger partial charge is 0.344 e. The van der Waals surface area contributed by atoms with E-state index in [4.69, 9.17) is 0 Å². The quantitative estimate of drug-likeness (QED) is 0.867. The van der Waals surface area contributed by atoms with E-state index in [-0.39, 0.29) is 0 Å². The minimum atomic E-state index is -0.553. The topological polar surface area (TPSA) is 49.4 Å². The molecule has 0 unspecified atom stereocenters. The van der Waals surface area contributed by atoms with Crippen LogP contribution < -0.4 is 10.2 Å². The number of amides is 2. The van der Waals surface area contributed by atoms with Gasteiger partial charge in [-0.15, -0.1) is 0 Å². The molecule has 0 atom stereocenters. The fourth-order valence-corrected chi connectivity index (χ4v) is 2.83. The first-order chi connectivity index (χ1) is 11.1. The summed E-state index contributed by atoms with van der Waals surface area (Å²) in [6.45, 7) is 2.97. The Balaban J connectivity index is 1.66. The molecule has 23 heavy (non-hydrogen) atoms. The third-order valence-corrected chi connectivity index (χ3v) is 4.12. The van der Waals surface area contributed by atoms with Crippen LogP contribution in [0.3, 0.4) is 0 Å². The number of fused-ring (bicyclic) bond motifs is 1. The van der Waals surface area contributed by atoms with Gasteiger partial charge in [0.15, 0.2) is 0 Å². The van der Waals surface area contributed by atoms with Gasteiger partial charge in [-0.25, -0.2) is 0 Å². The molecule has 4 nitrogen and oxygen atoms in total. The predicted octanol–water partition coefficient (Wildman–Crippen LogP) is 2.59. The Morgan fingerprint density at radius 2 is 1.83 bits per heavy atom. The number of nitrogens with zero attached hydrogens (tertiary/aromatic N) is 1.